The summed E-state index contributed by atoms with van der Waals surface area (Å²) in [5.74, 6) is 0.524. The summed E-state index contributed by atoms with van der Waals surface area (Å²) in [6.07, 6.45) is 1.15. The molecule has 0 aromatic heterocycles. The van der Waals surface area contributed by atoms with Crippen LogP contribution in [0.4, 0.5) is 0 Å². The highest BCUT2D eigenvalue weighted by Gasteiger charge is 2.23. The minimum Gasteiger partial charge on any atom is -0.493 e. The van der Waals surface area contributed by atoms with Crippen molar-refractivity contribution < 1.29 is 14.3 Å². The van der Waals surface area contributed by atoms with E-state index in [2.05, 4.69) is 21.2 Å². The topological polar surface area (TPSA) is 91.8 Å². The average molecular weight is 332 g/mol. The minimum atomic E-state index is -0.361. The van der Waals surface area contributed by atoms with Gasteiger partial charge in [-0.1, -0.05) is 19.1 Å². The van der Waals surface area contributed by atoms with Crippen LogP contribution in [0.1, 0.15) is 39.2 Å². The Labute approximate surface area is 141 Å². The monoisotopic (exact) mass is 332 g/mol. The molecule has 128 valence electrons. The molecule has 1 aliphatic heterocycles. The van der Waals surface area contributed by atoms with Gasteiger partial charge in [0.15, 0.2) is 5.84 Å². The number of nitrogens with zero attached hydrogens (tertiary/aromatic N) is 1. The Balaban J connectivity index is 2.21. The first-order valence-corrected chi connectivity index (χ1v) is 7.94. The molecular weight excluding hydrogens is 310 g/mol. The standard InChI is InChI=1S/C17H22N4O3/c1-4-8-14(22)18-11(3)15-17(23)19-16(21-20-15)12-9-6-7-10-13(12)24-5-2/h6-7,9-10,20H,4-5,8H2,1-3H3,(H,18,22)(H,19,21,23)/b15-11-/i16+2. The molecule has 0 saturated heterocycles. The highest BCUT2D eigenvalue weighted by molar-refractivity contribution is 6.15. The van der Waals surface area contributed by atoms with Gasteiger partial charge in [0.25, 0.3) is 5.91 Å². The van der Waals surface area contributed by atoms with Crippen LogP contribution in [0.3, 0.4) is 0 Å². The summed E-state index contributed by atoms with van der Waals surface area (Å²) in [6.45, 7) is 5.98. The summed E-state index contributed by atoms with van der Waals surface area (Å²) < 4.78 is 5.55. The Bertz CT molecular complexity index is 695. The van der Waals surface area contributed by atoms with Gasteiger partial charge in [0, 0.05) is 12.1 Å². The quantitative estimate of drug-likeness (QED) is 0.690. The van der Waals surface area contributed by atoms with Gasteiger partial charge in [0.05, 0.1) is 12.2 Å². The van der Waals surface area contributed by atoms with Crippen molar-refractivity contribution in [3.63, 3.8) is 0 Å². The van der Waals surface area contributed by atoms with Crippen LogP contribution in [0.25, 0.3) is 0 Å². The summed E-state index contributed by atoms with van der Waals surface area (Å²) in [7, 11) is 0. The fourth-order valence-corrected chi connectivity index (χ4v) is 2.25. The molecule has 1 aromatic carbocycles. The number of hydrazone groups is 1. The molecule has 0 spiro atoms. The lowest BCUT2D eigenvalue weighted by molar-refractivity contribution is -0.120. The van der Waals surface area contributed by atoms with Crippen LogP contribution in [0.15, 0.2) is 40.8 Å². The highest BCUT2D eigenvalue weighted by atomic mass is 16.5. The predicted molar refractivity (Wildman–Crippen MR) is 91.2 cm³/mol. The normalized spacial score (nSPS) is 15.8. The third kappa shape index (κ3) is 4.13. The van der Waals surface area contributed by atoms with Crippen LogP contribution < -0.4 is 20.8 Å². The first-order valence-electron chi connectivity index (χ1n) is 7.94. The number of ether oxygens (including phenoxy) is 1. The lowest BCUT2D eigenvalue weighted by atomic mass is 10.2. The zero-order valence-electron chi connectivity index (χ0n) is 14.1. The van der Waals surface area contributed by atoms with Gasteiger partial charge in [-0.2, -0.15) is 5.10 Å². The Morgan fingerprint density at radius 1 is 1.33 bits per heavy atom. The first kappa shape index (κ1) is 17.5. The van der Waals surface area contributed by atoms with E-state index in [0.29, 0.717) is 35.9 Å². The van der Waals surface area contributed by atoms with E-state index in [1.165, 1.54) is 0 Å². The maximum atomic E-state index is 12.3. The van der Waals surface area contributed by atoms with E-state index in [1.54, 1.807) is 6.92 Å². The Morgan fingerprint density at radius 3 is 2.75 bits per heavy atom. The van der Waals surface area contributed by atoms with Crippen molar-refractivity contribution in [3.8, 4) is 5.75 Å². The van der Waals surface area contributed by atoms with E-state index in [-0.39, 0.29) is 17.5 Å². The molecule has 0 aliphatic carbocycles. The van der Waals surface area contributed by atoms with Crippen LogP contribution in [0.2, 0.25) is 0 Å². The van der Waals surface area contributed by atoms with Crippen molar-refractivity contribution in [2.75, 3.05) is 6.61 Å². The average Bonchev–Trinajstić information content (AvgIpc) is 2.55. The second-order valence-electron chi connectivity index (χ2n) is 5.25. The molecule has 0 atom stereocenters. The number of benzene rings is 1. The summed E-state index contributed by atoms with van der Waals surface area (Å²) in [5, 5.41) is 9.61. The van der Waals surface area contributed by atoms with E-state index in [1.807, 2.05) is 38.1 Å². The lowest BCUT2D eigenvalue weighted by Crippen LogP contribution is -2.43. The maximum Gasteiger partial charge on any atom is 0.276 e. The molecule has 0 unspecified atom stereocenters. The van der Waals surface area contributed by atoms with E-state index < -0.39 is 0 Å². The van der Waals surface area contributed by atoms with Crippen LogP contribution in [0.5, 0.6) is 5.75 Å². The van der Waals surface area contributed by atoms with Crippen molar-refractivity contribution in [2.24, 2.45) is 5.10 Å². The van der Waals surface area contributed by atoms with Crippen LogP contribution >= 0.6 is 0 Å². The van der Waals surface area contributed by atoms with Crippen molar-refractivity contribution >= 4 is 17.6 Å². The van der Waals surface area contributed by atoms with Crippen molar-refractivity contribution in [1.82, 2.24) is 16.1 Å². The summed E-state index contributed by atoms with van der Waals surface area (Å²) in [4.78, 5) is 24.0. The number of carbonyl (C=O) groups is 2. The Kier molecular flexibility index (Phi) is 5.95. The molecule has 1 heterocycles. The highest BCUT2D eigenvalue weighted by Crippen LogP contribution is 2.19. The molecule has 0 radical (unpaired) electrons. The van der Waals surface area contributed by atoms with E-state index >= 15 is 0 Å². The van der Waals surface area contributed by atoms with Crippen molar-refractivity contribution in [3.05, 3.63) is 41.2 Å². The predicted octanol–water partition coefficient (Wildman–Crippen LogP) is 1.61. The maximum absolute atomic E-state index is 12.3. The number of para-hydroxylation sites is 1. The van der Waals surface area contributed by atoms with Gasteiger partial charge in [0.1, 0.15) is 11.4 Å². The largest absolute Gasteiger partial charge is 0.493 e. The number of carbonyl (C=O) groups excluding carboxylic acids is 2. The van der Waals surface area contributed by atoms with E-state index in [9.17, 15) is 9.59 Å². The van der Waals surface area contributed by atoms with Gasteiger partial charge in [-0.05, 0) is 32.4 Å². The Morgan fingerprint density at radius 2 is 2.08 bits per heavy atom. The second-order valence-corrected chi connectivity index (χ2v) is 5.25. The molecular formula is C17H22N4O3. The molecule has 7 nitrogen and oxygen atoms in total. The molecule has 2 amide bonds. The number of hydrogen-bond acceptors (Lipinski definition) is 5. The number of amides is 2. The summed E-state index contributed by atoms with van der Waals surface area (Å²) in [5.41, 5.74) is 4.06. The first-order chi connectivity index (χ1) is 11.6. The smallest absolute Gasteiger partial charge is 0.276 e. The molecule has 0 bridgehead atoms. The lowest BCUT2D eigenvalue weighted by Gasteiger charge is -2.20. The minimum absolute atomic E-state index is 0.131. The van der Waals surface area contributed by atoms with Crippen molar-refractivity contribution in [1.29, 1.82) is 0 Å². The SMILES string of the molecule is CCCC(=O)N/C(C)=C1\NN=[14C](c2ccccc2OCC)NC1=O. The zero-order chi connectivity index (χ0) is 17.5. The van der Waals surface area contributed by atoms with Gasteiger partial charge in [-0.15, -0.1) is 0 Å². The fraction of sp³-hybridized carbons (Fsp3) is 0.353. The van der Waals surface area contributed by atoms with Crippen molar-refractivity contribution in [2.45, 2.75) is 33.6 Å². The van der Waals surface area contributed by atoms with E-state index in [0.717, 1.165) is 6.42 Å². The number of hydrogen-bond donors (Lipinski definition) is 3. The molecule has 1 aliphatic rings. The van der Waals surface area contributed by atoms with Gasteiger partial charge < -0.3 is 15.4 Å². The fourth-order valence-electron chi connectivity index (χ4n) is 2.25. The molecule has 2 rings (SSSR count). The molecule has 1 aromatic rings. The number of amidine groups is 1. The van der Waals surface area contributed by atoms with Crippen LogP contribution in [-0.4, -0.2) is 24.3 Å². The third-order valence-electron chi connectivity index (χ3n) is 3.36. The van der Waals surface area contributed by atoms with Crippen LogP contribution in [-0.2, 0) is 9.59 Å². The second kappa shape index (κ2) is 8.14. The van der Waals surface area contributed by atoms with Gasteiger partial charge in [-0.25, -0.2) is 0 Å². The van der Waals surface area contributed by atoms with E-state index in [4.69, 9.17) is 4.74 Å². The number of allylic oxidation sites excluding steroid dienone is 1. The van der Waals surface area contributed by atoms with Gasteiger partial charge in [-0.3, -0.25) is 15.0 Å². The van der Waals surface area contributed by atoms with Crippen LogP contribution in [0, 0.1) is 0 Å². The van der Waals surface area contributed by atoms with Gasteiger partial charge in [0.2, 0.25) is 5.91 Å². The van der Waals surface area contributed by atoms with Gasteiger partial charge >= 0.3 is 0 Å². The summed E-state index contributed by atoms with van der Waals surface area (Å²) in [6, 6.07) is 7.32. The summed E-state index contributed by atoms with van der Waals surface area (Å²) >= 11 is 0. The molecule has 0 fully saturated rings. The molecule has 24 heavy (non-hydrogen) atoms. The number of rotatable bonds is 6. The molecule has 7 heteroatoms. The number of nitrogens with one attached hydrogen (secondary N) is 3. The zero-order valence-corrected chi connectivity index (χ0v) is 14.1. The molecule has 0 saturated carbocycles. The molecule has 3 N–H and O–H groups in total. The third-order valence-corrected chi connectivity index (χ3v) is 3.36. The Hall–Kier alpha value is -2.83.